The summed E-state index contributed by atoms with van der Waals surface area (Å²) in [5, 5.41) is 0. The largest absolute Gasteiger partial charge is 0.0654 e. The zero-order chi connectivity index (χ0) is 11.7. The molecular formula is C15H32. The molecule has 0 saturated heterocycles. The molecule has 1 atom stereocenters. The molecule has 0 nitrogen and oxygen atoms in total. The number of rotatable bonds is 9. The van der Waals surface area contributed by atoms with E-state index < -0.39 is 0 Å². The van der Waals surface area contributed by atoms with Gasteiger partial charge in [-0.05, 0) is 30.6 Å². The molecule has 0 radical (unpaired) electrons. The topological polar surface area (TPSA) is 0 Å². The first-order chi connectivity index (χ1) is 7.05. The predicted molar refractivity (Wildman–Crippen MR) is 71.2 cm³/mol. The van der Waals surface area contributed by atoms with Gasteiger partial charge < -0.3 is 0 Å². The van der Waals surface area contributed by atoms with Gasteiger partial charge in [-0.25, -0.2) is 0 Å². The van der Waals surface area contributed by atoms with E-state index >= 15 is 0 Å². The summed E-state index contributed by atoms with van der Waals surface area (Å²) in [5.74, 6) is 0.982. The molecule has 92 valence electrons. The molecule has 0 heterocycles. The molecule has 0 amide bonds. The Hall–Kier alpha value is 0. The Morgan fingerprint density at radius 1 is 0.867 bits per heavy atom. The van der Waals surface area contributed by atoms with Gasteiger partial charge >= 0.3 is 0 Å². The fraction of sp³-hybridized carbons (Fsp3) is 1.00. The molecule has 0 aliphatic heterocycles. The summed E-state index contributed by atoms with van der Waals surface area (Å²) in [6.45, 7) is 11.8. The second kappa shape index (κ2) is 8.19. The molecule has 0 aromatic rings. The van der Waals surface area contributed by atoms with Gasteiger partial charge in [0.25, 0.3) is 0 Å². The lowest BCUT2D eigenvalue weighted by molar-refractivity contribution is 0.257. The maximum Gasteiger partial charge on any atom is -0.0354 e. The van der Waals surface area contributed by atoms with Crippen LogP contribution < -0.4 is 0 Å². The normalized spacial score (nSPS) is 14.2. The first kappa shape index (κ1) is 15.0. The van der Waals surface area contributed by atoms with Crippen molar-refractivity contribution >= 4 is 0 Å². The Morgan fingerprint density at radius 3 is 2.00 bits per heavy atom. The van der Waals surface area contributed by atoms with E-state index in [0.29, 0.717) is 5.41 Å². The highest BCUT2D eigenvalue weighted by Crippen LogP contribution is 2.32. The van der Waals surface area contributed by atoms with Gasteiger partial charge in [-0.2, -0.15) is 0 Å². The molecule has 0 heteroatoms. The summed E-state index contributed by atoms with van der Waals surface area (Å²) >= 11 is 0. The van der Waals surface area contributed by atoms with E-state index in [1.54, 1.807) is 0 Å². The fourth-order valence-electron chi connectivity index (χ4n) is 2.34. The molecule has 1 unspecified atom stereocenters. The van der Waals surface area contributed by atoms with E-state index in [4.69, 9.17) is 0 Å². The Bertz CT molecular complexity index is 135. The van der Waals surface area contributed by atoms with Gasteiger partial charge in [0.15, 0.2) is 0 Å². The molecule has 0 aromatic carbocycles. The molecule has 0 spiro atoms. The van der Waals surface area contributed by atoms with Crippen LogP contribution in [-0.4, -0.2) is 0 Å². The lowest BCUT2D eigenvalue weighted by Gasteiger charge is -2.26. The zero-order valence-electron chi connectivity index (χ0n) is 11.7. The molecule has 0 N–H and O–H groups in total. The second-order valence-electron chi connectivity index (χ2n) is 5.87. The Labute approximate surface area is 97.8 Å². The molecule has 0 aliphatic rings. The maximum atomic E-state index is 2.45. The van der Waals surface area contributed by atoms with E-state index in [0.717, 1.165) is 5.92 Å². The third-order valence-corrected chi connectivity index (χ3v) is 3.71. The van der Waals surface area contributed by atoms with Gasteiger partial charge in [0.1, 0.15) is 0 Å². The molecule has 0 fully saturated rings. The van der Waals surface area contributed by atoms with Crippen LogP contribution in [0.4, 0.5) is 0 Å². The van der Waals surface area contributed by atoms with E-state index in [-0.39, 0.29) is 0 Å². The summed E-state index contributed by atoms with van der Waals surface area (Å²) in [6.07, 6.45) is 11.2. The lowest BCUT2D eigenvalue weighted by atomic mass is 9.79. The smallest absolute Gasteiger partial charge is 0.0354 e. The number of hydrogen-bond acceptors (Lipinski definition) is 0. The summed E-state index contributed by atoms with van der Waals surface area (Å²) < 4.78 is 0. The van der Waals surface area contributed by atoms with Crippen LogP contribution in [0, 0.1) is 11.3 Å². The quantitative estimate of drug-likeness (QED) is 0.452. The minimum atomic E-state index is 0.581. The van der Waals surface area contributed by atoms with Crippen molar-refractivity contribution in [2.45, 2.75) is 86.0 Å². The van der Waals surface area contributed by atoms with Gasteiger partial charge in [-0.15, -0.1) is 0 Å². The van der Waals surface area contributed by atoms with Crippen LogP contribution in [0.15, 0.2) is 0 Å². The van der Waals surface area contributed by atoms with Crippen molar-refractivity contribution in [3.8, 4) is 0 Å². The average Bonchev–Trinajstić information content (AvgIpc) is 2.21. The molecule has 15 heavy (non-hydrogen) atoms. The second-order valence-corrected chi connectivity index (χ2v) is 5.87. The standard InChI is InChI=1S/C15H32/c1-6-9-12-15(4,5)13-11-14(8-3)10-7-2/h14H,6-13H2,1-5H3. The molecule has 0 rings (SSSR count). The molecule has 0 bridgehead atoms. The fourth-order valence-corrected chi connectivity index (χ4v) is 2.34. The highest BCUT2D eigenvalue weighted by molar-refractivity contribution is 4.70. The van der Waals surface area contributed by atoms with Gasteiger partial charge in [0, 0.05) is 0 Å². The van der Waals surface area contributed by atoms with Crippen LogP contribution in [-0.2, 0) is 0 Å². The van der Waals surface area contributed by atoms with Crippen LogP contribution in [0.25, 0.3) is 0 Å². The van der Waals surface area contributed by atoms with Gasteiger partial charge in [0.2, 0.25) is 0 Å². The molecule has 0 saturated carbocycles. The van der Waals surface area contributed by atoms with Crippen LogP contribution in [0.3, 0.4) is 0 Å². The van der Waals surface area contributed by atoms with Crippen LogP contribution in [0.1, 0.15) is 86.0 Å². The molecular weight excluding hydrogens is 180 g/mol. The Morgan fingerprint density at radius 2 is 1.53 bits per heavy atom. The van der Waals surface area contributed by atoms with E-state index in [2.05, 4.69) is 34.6 Å². The van der Waals surface area contributed by atoms with Gasteiger partial charge in [0.05, 0.1) is 0 Å². The van der Waals surface area contributed by atoms with Crippen molar-refractivity contribution in [1.29, 1.82) is 0 Å². The Kier molecular flexibility index (Phi) is 8.19. The van der Waals surface area contributed by atoms with Crippen molar-refractivity contribution in [2.75, 3.05) is 0 Å². The highest BCUT2D eigenvalue weighted by atomic mass is 14.2. The van der Waals surface area contributed by atoms with Crippen LogP contribution >= 0.6 is 0 Å². The van der Waals surface area contributed by atoms with Crippen LogP contribution in [0.5, 0.6) is 0 Å². The molecule has 0 aliphatic carbocycles. The molecule has 0 aromatic heterocycles. The third-order valence-electron chi connectivity index (χ3n) is 3.71. The Balaban J connectivity index is 3.78. The van der Waals surface area contributed by atoms with Crippen LogP contribution in [0.2, 0.25) is 0 Å². The first-order valence-electron chi connectivity index (χ1n) is 7.05. The number of unbranched alkanes of at least 4 members (excludes halogenated alkanes) is 1. The predicted octanol–water partition coefficient (Wildman–Crippen LogP) is 5.81. The highest BCUT2D eigenvalue weighted by Gasteiger charge is 2.18. The minimum absolute atomic E-state index is 0.581. The average molecular weight is 212 g/mol. The van der Waals surface area contributed by atoms with Crippen molar-refractivity contribution in [3.63, 3.8) is 0 Å². The summed E-state index contributed by atoms with van der Waals surface area (Å²) in [5.41, 5.74) is 0.581. The van der Waals surface area contributed by atoms with Gasteiger partial charge in [-0.3, -0.25) is 0 Å². The first-order valence-corrected chi connectivity index (χ1v) is 7.05. The zero-order valence-corrected chi connectivity index (χ0v) is 11.7. The third kappa shape index (κ3) is 7.88. The summed E-state index contributed by atoms with van der Waals surface area (Å²) in [6, 6.07) is 0. The van der Waals surface area contributed by atoms with Crippen molar-refractivity contribution in [3.05, 3.63) is 0 Å². The maximum absolute atomic E-state index is 2.45. The SMILES string of the molecule is CCCCC(C)(C)CCC(CC)CCC. The van der Waals surface area contributed by atoms with Crippen molar-refractivity contribution in [2.24, 2.45) is 11.3 Å². The monoisotopic (exact) mass is 212 g/mol. The van der Waals surface area contributed by atoms with Crippen molar-refractivity contribution < 1.29 is 0 Å². The van der Waals surface area contributed by atoms with E-state index in [1.165, 1.54) is 51.4 Å². The number of hydrogen-bond donors (Lipinski definition) is 0. The van der Waals surface area contributed by atoms with E-state index in [1.807, 2.05) is 0 Å². The summed E-state index contributed by atoms with van der Waals surface area (Å²) in [4.78, 5) is 0. The van der Waals surface area contributed by atoms with Gasteiger partial charge in [-0.1, -0.05) is 66.7 Å². The summed E-state index contributed by atoms with van der Waals surface area (Å²) in [7, 11) is 0. The van der Waals surface area contributed by atoms with Crippen molar-refractivity contribution in [1.82, 2.24) is 0 Å². The lowest BCUT2D eigenvalue weighted by Crippen LogP contribution is -2.13. The minimum Gasteiger partial charge on any atom is -0.0654 e. The van der Waals surface area contributed by atoms with E-state index in [9.17, 15) is 0 Å².